The Hall–Kier alpha value is -1.84. The van der Waals surface area contributed by atoms with Crippen LogP contribution < -0.4 is 0 Å². The minimum Gasteiger partial charge on any atom is -0.507 e. The van der Waals surface area contributed by atoms with Crippen molar-refractivity contribution in [2.24, 2.45) is 0 Å². The van der Waals surface area contributed by atoms with Gasteiger partial charge >= 0.3 is 0 Å². The van der Waals surface area contributed by atoms with Crippen LogP contribution in [0.5, 0.6) is 5.75 Å². The highest BCUT2D eigenvalue weighted by molar-refractivity contribution is 9.10. The SMILES string of the molecule is CC1(C)c2cc(Br)ccc2-c2cc3cc4ccc(Br)cc4c(O)c3cc21. The molecule has 0 fully saturated rings. The lowest BCUT2D eigenvalue weighted by atomic mass is 9.81. The van der Waals surface area contributed by atoms with Crippen LogP contribution in [0, 0.1) is 0 Å². The number of halogens is 2. The number of hydrogen-bond donors (Lipinski definition) is 1. The maximum Gasteiger partial charge on any atom is 0.131 e. The fourth-order valence-corrected chi connectivity index (χ4v) is 4.99. The molecular formula is C23H16Br2O. The van der Waals surface area contributed by atoms with Gasteiger partial charge in [0.1, 0.15) is 5.75 Å². The second-order valence-electron chi connectivity index (χ2n) is 7.52. The van der Waals surface area contributed by atoms with Crippen molar-refractivity contribution < 1.29 is 5.11 Å². The molecule has 0 amide bonds. The van der Waals surface area contributed by atoms with E-state index >= 15 is 0 Å². The van der Waals surface area contributed by atoms with Gasteiger partial charge in [-0.1, -0.05) is 57.8 Å². The molecule has 128 valence electrons. The van der Waals surface area contributed by atoms with Crippen LogP contribution in [0.3, 0.4) is 0 Å². The van der Waals surface area contributed by atoms with E-state index in [1.54, 1.807) is 0 Å². The van der Waals surface area contributed by atoms with E-state index in [4.69, 9.17) is 0 Å². The van der Waals surface area contributed by atoms with Crippen LogP contribution in [-0.2, 0) is 5.41 Å². The van der Waals surface area contributed by atoms with E-state index in [9.17, 15) is 5.11 Å². The number of benzene rings is 4. The molecule has 0 saturated carbocycles. The fraction of sp³-hybridized carbons (Fsp3) is 0.130. The summed E-state index contributed by atoms with van der Waals surface area (Å²) in [6.45, 7) is 4.51. The van der Waals surface area contributed by atoms with Gasteiger partial charge < -0.3 is 5.11 Å². The molecular weight excluding hydrogens is 452 g/mol. The molecule has 0 heterocycles. The Morgan fingerprint density at radius 3 is 2.15 bits per heavy atom. The summed E-state index contributed by atoms with van der Waals surface area (Å²) < 4.78 is 2.07. The van der Waals surface area contributed by atoms with Crippen molar-refractivity contribution in [3.63, 3.8) is 0 Å². The summed E-state index contributed by atoms with van der Waals surface area (Å²) >= 11 is 7.12. The Balaban J connectivity index is 1.90. The van der Waals surface area contributed by atoms with Crippen molar-refractivity contribution in [2.75, 3.05) is 0 Å². The van der Waals surface area contributed by atoms with Gasteiger partial charge in [-0.15, -0.1) is 0 Å². The van der Waals surface area contributed by atoms with Crippen molar-refractivity contribution in [1.29, 1.82) is 0 Å². The molecule has 3 heteroatoms. The minimum atomic E-state index is -0.0959. The van der Waals surface area contributed by atoms with Crippen LogP contribution >= 0.6 is 31.9 Å². The van der Waals surface area contributed by atoms with E-state index < -0.39 is 0 Å². The highest BCUT2D eigenvalue weighted by atomic mass is 79.9. The second kappa shape index (κ2) is 5.34. The normalized spacial score (nSPS) is 14.6. The van der Waals surface area contributed by atoms with Gasteiger partial charge in [0.05, 0.1) is 0 Å². The number of phenols is 1. The molecule has 1 nitrogen and oxygen atoms in total. The van der Waals surface area contributed by atoms with Gasteiger partial charge in [0.2, 0.25) is 0 Å². The first kappa shape index (κ1) is 16.3. The van der Waals surface area contributed by atoms with Crippen LogP contribution in [-0.4, -0.2) is 5.11 Å². The van der Waals surface area contributed by atoms with Crippen LogP contribution in [0.4, 0.5) is 0 Å². The van der Waals surface area contributed by atoms with Crippen LogP contribution in [0.2, 0.25) is 0 Å². The highest BCUT2D eigenvalue weighted by Crippen LogP contribution is 2.51. The molecule has 1 aliphatic carbocycles. The zero-order valence-electron chi connectivity index (χ0n) is 14.4. The van der Waals surface area contributed by atoms with E-state index in [-0.39, 0.29) is 5.41 Å². The second-order valence-corrected chi connectivity index (χ2v) is 9.36. The van der Waals surface area contributed by atoms with E-state index in [1.165, 1.54) is 22.3 Å². The topological polar surface area (TPSA) is 20.2 Å². The molecule has 1 N–H and O–H groups in total. The first-order valence-electron chi connectivity index (χ1n) is 8.56. The van der Waals surface area contributed by atoms with Crippen LogP contribution in [0.25, 0.3) is 32.7 Å². The quantitative estimate of drug-likeness (QED) is 0.265. The summed E-state index contributed by atoms with van der Waals surface area (Å²) in [5.74, 6) is 0.356. The van der Waals surface area contributed by atoms with Crippen molar-refractivity contribution in [1.82, 2.24) is 0 Å². The first-order chi connectivity index (χ1) is 12.4. The van der Waals surface area contributed by atoms with Gasteiger partial charge in [0.15, 0.2) is 0 Å². The molecule has 0 aliphatic heterocycles. The number of phenolic OH excluding ortho intramolecular Hbond substituents is 1. The van der Waals surface area contributed by atoms with Crippen molar-refractivity contribution in [3.05, 3.63) is 74.7 Å². The molecule has 0 unspecified atom stereocenters. The van der Waals surface area contributed by atoms with Crippen LogP contribution in [0.1, 0.15) is 25.0 Å². The van der Waals surface area contributed by atoms with Crippen molar-refractivity contribution in [3.8, 4) is 16.9 Å². The van der Waals surface area contributed by atoms with Gasteiger partial charge in [-0.3, -0.25) is 0 Å². The predicted octanol–water partition coefficient (Wildman–Crippen LogP) is 7.53. The molecule has 0 saturated heterocycles. The summed E-state index contributed by atoms with van der Waals surface area (Å²) in [7, 11) is 0. The fourth-order valence-electron chi connectivity index (χ4n) is 4.27. The third kappa shape index (κ3) is 2.14. The molecule has 5 rings (SSSR count). The smallest absolute Gasteiger partial charge is 0.131 e. The molecule has 0 spiro atoms. The van der Waals surface area contributed by atoms with Gasteiger partial charge in [-0.05, 0) is 75.5 Å². The summed E-state index contributed by atoms with van der Waals surface area (Å²) in [6, 6.07) is 19.1. The number of rotatable bonds is 0. The average molecular weight is 468 g/mol. The third-order valence-electron chi connectivity index (χ3n) is 5.64. The zero-order valence-corrected chi connectivity index (χ0v) is 17.6. The highest BCUT2D eigenvalue weighted by Gasteiger charge is 2.36. The minimum absolute atomic E-state index is 0.0959. The van der Waals surface area contributed by atoms with Gasteiger partial charge in [0.25, 0.3) is 0 Å². The number of fused-ring (bicyclic) bond motifs is 5. The van der Waals surface area contributed by atoms with Crippen molar-refractivity contribution in [2.45, 2.75) is 19.3 Å². The lowest BCUT2D eigenvalue weighted by Gasteiger charge is -2.22. The third-order valence-corrected chi connectivity index (χ3v) is 6.63. The lowest BCUT2D eigenvalue weighted by Crippen LogP contribution is -2.14. The number of aromatic hydroxyl groups is 1. The number of hydrogen-bond acceptors (Lipinski definition) is 1. The predicted molar refractivity (Wildman–Crippen MR) is 116 cm³/mol. The summed E-state index contributed by atoms with van der Waals surface area (Å²) in [6.07, 6.45) is 0. The molecule has 1 aliphatic rings. The molecule has 4 aromatic carbocycles. The van der Waals surface area contributed by atoms with Crippen molar-refractivity contribution >= 4 is 53.4 Å². The Kier molecular flexibility index (Phi) is 3.35. The Morgan fingerprint density at radius 2 is 1.35 bits per heavy atom. The van der Waals surface area contributed by atoms with E-state index in [2.05, 4.69) is 82.1 Å². The maximum absolute atomic E-state index is 11.0. The summed E-state index contributed by atoms with van der Waals surface area (Å²) in [5.41, 5.74) is 5.04. The first-order valence-corrected chi connectivity index (χ1v) is 10.1. The zero-order chi connectivity index (χ0) is 18.2. The van der Waals surface area contributed by atoms with Crippen LogP contribution in [0.15, 0.2) is 63.5 Å². The standard InChI is InChI=1S/C23H16Br2O/c1-23(2)20-10-15(25)5-6-16(20)19-8-13-7-12-3-4-14(24)9-17(12)22(26)18(13)11-21(19)23/h3-11,26H,1-2H3. The molecule has 0 atom stereocenters. The lowest BCUT2D eigenvalue weighted by molar-refractivity contribution is 0.487. The maximum atomic E-state index is 11.0. The molecule has 26 heavy (non-hydrogen) atoms. The van der Waals surface area contributed by atoms with Gasteiger partial charge in [-0.25, -0.2) is 0 Å². The summed E-state index contributed by atoms with van der Waals surface area (Å²) in [5, 5.41) is 14.9. The Bertz CT molecular complexity index is 1240. The van der Waals surface area contributed by atoms with E-state index in [1.807, 2.05) is 18.2 Å². The monoisotopic (exact) mass is 466 g/mol. The van der Waals surface area contributed by atoms with E-state index in [0.29, 0.717) is 5.75 Å². The molecule has 0 radical (unpaired) electrons. The van der Waals surface area contributed by atoms with Gasteiger partial charge in [0, 0.05) is 25.1 Å². The Morgan fingerprint density at radius 1 is 0.692 bits per heavy atom. The molecule has 0 bridgehead atoms. The molecule has 0 aromatic heterocycles. The van der Waals surface area contributed by atoms with Gasteiger partial charge in [-0.2, -0.15) is 0 Å². The average Bonchev–Trinajstić information content (AvgIpc) is 2.82. The largest absolute Gasteiger partial charge is 0.507 e. The van der Waals surface area contributed by atoms with E-state index in [0.717, 1.165) is 30.5 Å². The Labute approximate surface area is 168 Å². The summed E-state index contributed by atoms with van der Waals surface area (Å²) in [4.78, 5) is 0. The molecule has 4 aromatic rings.